The van der Waals surface area contributed by atoms with Gasteiger partial charge in [0.15, 0.2) is 11.5 Å². The summed E-state index contributed by atoms with van der Waals surface area (Å²) in [5.74, 6) is 1.59. The standard InChI is InChI=1S/C19H24N8O/c1-24-11-14-17(23-24)20-19(26(3)18(14)28)25(2)13-9-27(10-13)16-8-12-6-4-5-7-15(12)21-22-16/h8,11,13H,4-7,9-10H2,1-3H3. The van der Waals surface area contributed by atoms with Crippen molar-refractivity contribution < 1.29 is 0 Å². The molecule has 0 N–H and O–H groups in total. The molecular weight excluding hydrogens is 356 g/mol. The summed E-state index contributed by atoms with van der Waals surface area (Å²) in [7, 11) is 5.55. The normalized spacial score (nSPS) is 16.9. The van der Waals surface area contributed by atoms with Gasteiger partial charge in [0.25, 0.3) is 5.56 Å². The zero-order chi connectivity index (χ0) is 19.4. The van der Waals surface area contributed by atoms with Crippen LogP contribution in [0.5, 0.6) is 0 Å². The minimum atomic E-state index is -0.0725. The van der Waals surface area contributed by atoms with E-state index in [1.807, 2.05) is 7.05 Å². The van der Waals surface area contributed by atoms with Crippen LogP contribution in [0.4, 0.5) is 11.8 Å². The number of hydrogen-bond donors (Lipinski definition) is 0. The highest BCUT2D eigenvalue weighted by Crippen LogP contribution is 2.27. The molecule has 0 saturated carbocycles. The highest BCUT2D eigenvalue weighted by Gasteiger charge is 2.33. The summed E-state index contributed by atoms with van der Waals surface area (Å²) in [6.45, 7) is 1.67. The van der Waals surface area contributed by atoms with E-state index >= 15 is 0 Å². The number of hydrogen-bond acceptors (Lipinski definition) is 7. The summed E-state index contributed by atoms with van der Waals surface area (Å²) in [6.07, 6.45) is 6.31. The van der Waals surface area contributed by atoms with E-state index in [9.17, 15) is 4.79 Å². The number of fused-ring (bicyclic) bond motifs is 2. The molecule has 0 aromatic carbocycles. The fourth-order valence-corrected chi connectivity index (χ4v) is 4.15. The predicted molar refractivity (Wildman–Crippen MR) is 107 cm³/mol. The lowest BCUT2D eigenvalue weighted by atomic mass is 9.96. The van der Waals surface area contributed by atoms with Crippen molar-refractivity contribution in [1.29, 1.82) is 0 Å². The minimum Gasteiger partial charge on any atom is -0.351 e. The molecule has 1 saturated heterocycles. The highest BCUT2D eigenvalue weighted by atomic mass is 16.1. The highest BCUT2D eigenvalue weighted by molar-refractivity contribution is 5.74. The van der Waals surface area contributed by atoms with Crippen LogP contribution in [0.25, 0.3) is 11.0 Å². The molecule has 9 nitrogen and oxygen atoms in total. The number of aromatic nitrogens is 6. The molecule has 3 aromatic heterocycles. The van der Waals surface area contributed by atoms with Gasteiger partial charge in [-0.3, -0.25) is 14.0 Å². The lowest BCUT2D eigenvalue weighted by molar-refractivity contribution is 0.478. The molecule has 5 rings (SSSR count). The molecule has 28 heavy (non-hydrogen) atoms. The van der Waals surface area contributed by atoms with Gasteiger partial charge in [-0.05, 0) is 37.3 Å². The SMILES string of the molecule is CN(c1nc2nn(C)cc2c(=O)n1C)C1CN(c2cc3c(nn2)CCCC3)C1. The molecule has 0 unspecified atom stereocenters. The average molecular weight is 380 g/mol. The Morgan fingerprint density at radius 2 is 1.93 bits per heavy atom. The number of rotatable bonds is 3. The van der Waals surface area contributed by atoms with E-state index in [-0.39, 0.29) is 11.6 Å². The van der Waals surface area contributed by atoms with Crippen molar-refractivity contribution in [2.45, 2.75) is 31.7 Å². The number of anilines is 2. The first-order valence-corrected chi connectivity index (χ1v) is 9.75. The smallest absolute Gasteiger partial charge is 0.265 e. The summed E-state index contributed by atoms with van der Waals surface area (Å²) in [6, 6.07) is 2.46. The molecule has 2 aliphatic rings. The van der Waals surface area contributed by atoms with Gasteiger partial charge in [-0.25, -0.2) is 0 Å². The van der Waals surface area contributed by atoms with Crippen molar-refractivity contribution in [3.8, 4) is 0 Å². The quantitative estimate of drug-likeness (QED) is 0.660. The maximum absolute atomic E-state index is 12.6. The van der Waals surface area contributed by atoms with Crippen molar-refractivity contribution in [2.75, 3.05) is 29.9 Å². The van der Waals surface area contributed by atoms with Crippen LogP contribution in [0.15, 0.2) is 17.1 Å². The van der Waals surface area contributed by atoms with Gasteiger partial charge in [-0.2, -0.15) is 15.2 Å². The Morgan fingerprint density at radius 1 is 1.14 bits per heavy atom. The predicted octanol–water partition coefficient (Wildman–Crippen LogP) is 0.661. The summed E-state index contributed by atoms with van der Waals surface area (Å²) in [5.41, 5.74) is 2.92. The first-order valence-electron chi connectivity index (χ1n) is 9.75. The zero-order valence-corrected chi connectivity index (χ0v) is 16.5. The molecule has 1 aliphatic carbocycles. The summed E-state index contributed by atoms with van der Waals surface area (Å²) in [5, 5.41) is 13.7. The maximum Gasteiger partial charge on any atom is 0.265 e. The van der Waals surface area contributed by atoms with Gasteiger partial charge >= 0.3 is 0 Å². The van der Waals surface area contributed by atoms with Crippen LogP contribution in [-0.2, 0) is 26.9 Å². The number of likely N-dealkylation sites (N-methyl/N-ethyl adjacent to an activating group) is 1. The van der Waals surface area contributed by atoms with E-state index in [4.69, 9.17) is 0 Å². The molecule has 0 bridgehead atoms. The van der Waals surface area contributed by atoms with E-state index in [2.05, 4.69) is 36.1 Å². The lowest BCUT2D eigenvalue weighted by Gasteiger charge is -2.45. The van der Waals surface area contributed by atoms with Crippen molar-refractivity contribution in [1.82, 2.24) is 29.5 Å². The molecule has 3 aromatic rings. The monoisotopic (exact) mass is 380 g/mol. The van der Waals surface area contributed by atoms with Crippen molar-refractivity contribution >= 4 is 22.8 Å². The summed E-state index contributed by atoms with van der Waals surface area (Å²) < 4.78 is 3.23. The van der Waals surface area contributed by atoms with Gasteiger partial charge in [-0.1, -0.05) is 0 Å². The molecule has 4 heterocycles. The van der Waals surface area contributed by atoms with E-state index in [1.165, 1.54) is 18.4 Å². The third-order valence-corrected chi connectivity index (χ3v) is 5.96. The van der Waals surface area contributed by atoms with Crippen LogP contribution in [0, 0.1) is 0 Å². The molecule has 9 heteroatoms. The Labute approximate surface area is 162 Å². The third-order valence-electron chi connectivity index (χ3n) is 5.96. The van der Waals surface area contributed by atoms with Crippen molar-refractivity contribution in [3.63, 3.8) is 0 Å². The molecule has 1 fully saturated rings. The van der Waals surface area contributed by atoms with Crippen LogP contribution in [0.1, 0.15) is 24.1 Å². The van der Waals surface area contributed by atoms with E-state index in [1.54, 1.807) is 29.5 Å². The van der Waals surface area contributed by atoms with Gasteiger partial charge in [0.05, 0.1) is 11.7 Å². The fraction of sp³-hybridized carbons (Fsp3) is 0.526. The van der Waals surface area contributed by atoms with E-state index in [0.29, 0.717) is 17.0 Å². The summed E-state index contributed by atoms with van der Waals surface area (Å²) in [4.78, 5) is 21.6. The van der Waals surface area contributed by atoms with Gasteiger partial charge in [0.2, 0.25) is 5.95 Å². The Balaban J connectivity index is 1.36. The molecule has 146 valence electrons. The van der Waals surface area contributed by atoms with Crippen molar-refractivity contribution in [3.05, 3.63) is 33.9 Å². The summed E-state index contributed by atoms with van der Waals surface area (Å²) >= 11 is 0. The Hall–Kier alpha value is -2.97. The van der Waals surface area contributed by atoms with Gasteiger partial charge < -0.3 is 9.80 Å². The largest absolute Gasteiger partial charge is 0.351 e. The topological polar surface area (TPSA) is 85.0 Å². The minimum absolute atomic E-state index is 0.0725. The Bertz CT molecular complexity index is 1110. The molecule has 0 radical (unpaired) electrons. The Kier molecular flexibility index (Phi) is 3.85. The molecular formula is C19H24N8O. The van der Waals surface area contributed by atoms with Crippen LogP contribution < -0.4 is 15.4 Å². The maximum atomic E-state index is 12.6. The van der Waals surface area contributed by atoms with E-state index < -0.39 is 0 Å². The molecule has 0 atom stereocenters. The fourth-order valence-electron chi connectivity index (χ4n) is 4.15. The van der Waals surface area contributed by atoms with Crippen LogP contribution >= 0.6 is 0 Å². The second-order valence-corrected chi connectivity index (χ2v) is 7.87. The lowest BCUT2D eigenvalue weighted by Crippen LogP contribution is -2.60. The number of aryl methyl sites for hydroxylation is 3. The van der Waals surface area contributed by atoms with Gasteiger partial charge in [0.1, 0.15) is 5.39 Å². The van der Waals surface area contributed by atoms with Crippen LogP contribution in [0.3, 0.4) is 0 Å². The zero-order valence-electron chi connectivity index (χ0n) is 16.5. The first-order chi connectivity index (χ1) is 13.5. The molecule has 1 aliphatic heterocycles. The van der Waals surface area contributed by atoms with Gasteiger partial charge in [-0.15, -0.1) is 5.10 Å². The molecule has 0 spiro atoms. The van der Waals surface area contributed by atoms with Crippen LogP contribution in [0.2, 0.25) is 0 Å². The molecule has 0 amide bonds. The second-order valence-electron chi connectivity index (χ2n) is 7.87. The first kappa shape index (κ1) is 17.2. The number of nitrogens with zero attached hydrogens (tertiary/aromatic N) is 8. The average Bonchev–Trinajstić information content (AvgIpc) is 3.04. The Morgan fingerprint density at radius 3 is 2.75 bits per heavy atom. The second kappa shape index (κ2) is 6.29. The third kappa shape index (κ3) is 2.64. The van der Waals surface area contributed by atoms with Gasteiger partial charge in [0, 0.05) is 40.4 Å². The van der Waals surface area contributed by atoms with Crippen LogP contribution in [-0.4, -0.2) is 55.7 Å². The van der Waals surface area contributed by atoms with E-state index in [0.717, 1.165) is 37.4 Å². The van der Waals surface area contributed by atoms with Crippen molar-refractivity contribution in [2.24, 2.45) is 14.1 Å².